The summed E-state index contributed by atoms with van der Waals surface area (Å²) < 4.78 is 2.82. The summed E-state index contributed by atoms with van der Waals surface area (Å²) in [6.45, 7) is 0. The maximum Gasteiger partial charge on any atom is 0.270 e. The maximum absolute atomic E-state index is 10.8. The summed E-state index contributed by atoms with van der Waals surface area (Å²) in [4.78, 5) is 14.7. The number of phenols is 1. The second-order valence-corrected chi connectivity index (χ2v) is 6.81. The van der Waals surface area contributed by atoms with E-state index in [2.05, 4.69) is 41.6 Å². The molecule has 10 nitrogen and oxygen atoms in total. The van der Waals surface area contributed by atoms with Gasteiger partial charge in [0.25, 0.3) is 11.6 Å². The van der Waals surface area contributed by atoms with E-state index in [1.54, 1.807) is 0 Å². The van der Waals surface area contributed by atoms with Crippen molar-refractivity contribution in [2.24, 2.45) is 12.1 Å². The molecule has 0 bridgehead atoms. The van der Waals surface area contributed by atoms with Crippen LogP contribution in [0.4, 0.5) is 11.6 Å². The predicted molar refractivity (Wildman–Crippen MR) is 107 cm³/mol. The standard InChI is InChI=1S/C17H12BrN7O3/c1-24-13-4-2-10(18)7-12(13)15-16(24)20-17(23-21-15)22-19-8-9-6-11(25(27)28)3-5-14(9)26/h2-8,26H,1H3,(H,20,22,23)/b19-8-. The molecule has 2 N–H and O–H groups in total. The molecule has 4 aromatic rings. The third kappa shape index (κ3) is 3.11. The highest BCUT2D eigenvalue weighted by molar-refractivity contribution is 9.10. The molecule has 0 atom stereocenters. The van der Waals surface area contributed by atoms with Gasteiger partial charge in [-0.2, -0.15) is 10.1 Å². The lowest BCUT2D eigenvalue weighted by molar-refractivity contribution is -0.384. The van der Waals surface area contributed by atoms with Gasteiger partial charge >= 0.3 is 0 Å². The molecule has 2 aromatic carbocycles. The molecule has 11 heteroatoms. The number of aromatic nitrogens is 4. The second kappa shape index (κ2) is 6.85. The van der Waals surface area contributed by atoms with Crippen molar-refractivity contribution in [1.82, 2.24) is 19.7 Å². The van der Waals surface area contributed by atoms with Crippen LogP contribution in [0.3, 0.4) is 0 Å². The van der Waals surface area contributed by atoms with Crippen LogP contribution in [-0.4, -0.2) is 36.0 Å². The number of rotatable bonds is 4. The number of benzene rings is 2. The molecule has 0 spiro atoms. The van der Waals surface area contributed by atoms with E-state index in [1.165, 1.54) is 24.4 Å². The Morgan fingerprint density at radius 2 is 2.11 bits per heavy atom. The summed E-state index contributed by atoms with van der Waals surface area (Å²) in [5, 5.41) is 33.7. The number of non-ortho nitro benzene ring substituents is 1. The highest BCUT2D eigenvalue weighted by Crippen LogP contribution is 2.28. The smallest absolute Gasteiger partial charge is 0.270 e. The minimum Gasteiger partial charge on any atom is -0.507 e. The van der Waals surface area contributed by atoms with Crippen molar-refractivity contribution < 1.29 is 10.0 Å². The van der Waals surface area contributed by atoms with Gasteiger partial charge in [0.05, 0.1) is 16.7 Å². The number of hydrogen-bond acceptors (Lipinski definition) is 8. The van der Waals surface area contributed by atoms with E-state index in [-0.39, 0.29) is 22.9 Å². The lowest BCUT2D eigenvalue weighted by Gasteiger charge is -2.00. The van der Waals surface area contributed by atoms with Crippen molar-refractivity contribution in [3.05, 3.63) is 56.5 Å². The molecule has 2 aromatic heterocycles. The number of hydrazone groups is 1. The minimum absolute atomic E-state index is 0.134. The first-order chi connectivity index (χ1) is 13.4. The number of anilines is 1. The summed E-state index contributed by atoms with van der Waals surface area (Å²) in [6, 6.07) is 9.49. The fraction of sp³-hybridized carbons (Fsp3) is 0.0588. The Bertz CT molecular complexity index is 1270. The SMILES string of the molecule is Cn1c2ccc(Br)cc2c2nnc(N/N=C\c3cc([N+](=O)[O-])ccc3O)nc21. The van der Waals surface area contributed by atoms with Crippen LogP contribution in [0.1, 0.15) is 5.56 Å². The molecule has 0 unspecified atom stereocenters. The first kappa shape index (κ1) is 17.8. The lowest BCUT2D eigenvalue weighted by Crippen LogP contribution is -2.01. The number of nitro groups is 1. The fourth-order valence-electron chi connectivity index (χ4n) is 2.80. The third-order valence-corrected chi connectivity index (χ3v) is 4.64. The van der Waals surface area contributed by atoms with Gasteiger partial charge < -0.3 is 9.67 Å². The molecule has 0 amide bonds. The van der Waals surface area contributed by atoms with Gasteiger partial charge in [0.2, 0.25) is 0 Å². The van der Waals surface area contributed by atoms with E-state index in [0.29, 0.717) is 11.2 Å². The highest BCUT2D eigenvalue weighted by Gasteiger charge is 2.13. The molecule has 0 radical (unpaired) electrons. The van der Waals surface area contributed by atoms with Crippen LogP contribution < -0.4 is 5.43 Å². The molecule has 0 fully saturated rings. The van der Waals surface area contributed by atoms with Crippen LogP contribution in [0.25, 0.3) is 22.1 Å². The number of nitro benzene ring substituents is 1. The van der Waals surface area contributed by atoms with E-state index in [9.17, 15) is 15.2 Å². The van der Waals surface area contributed by atoms with Gasteiger partial charge in [-0.25, -0.2) is 5.43 Å². The van der Waals surface area contributed by atoms with Gasteiger partial charge in [0.15, 0.2) is 5.65 Å². The average molecular weight is 442 g/mol. The van der Waals surface area contributed by atoms with Crippen LogP contribution in [-0.2, 0) is 7.05 Å². The third-order valence-electron chi connectivity index (χ3n) is 4.15. The van der Waals surface area contributed by atoms with E-state index in [4.69, 9.17) is 0 Å². The summed E-state index contributed by atoms with van der Waals surface area (Å²) >= 11 is 3.45. The number of halogens is 1. The van der Waals surface area contributed by atoms with Crippen molar-refractivity contribution >= 4 is 55.8 Å². The van der Waals surface area contributed by atoms with Gasteiger partial charge in [-0.15, -0.1) is 10.2 Å². The minimum atomic E-state index is -0.552. The first-order valence-corrected chi connectivity index (χ1v) is 8.78. The summed E-state index contributed by atoms with van der Waals surface area (Å²) in [5.41, 5.74) is 4.90. The first-order valence-electron chi connectivity index (χ1n) is 7.99. The number of fused-ring (bicyclic) bond motifs is 3. The Morgan fingerprint density at radius 1 is 1.29 bits per heavy atom. The van der Waals surface area contributed by atoms with Gasteiger partial charge in [-0.05, 0) is 24.3 Å². The number of aryl methyl sites for hydroxylation is 1. The zero-order valence-corrected chi connectivity index (χ0v) is 16.0. The molecule has 0 aliphatic heterocycles. The maximum atomic E-state index is 10.8. The topological polar surface area (TPSA) is 131 Å². The van der Waals surface area contributed by atoms with Gasteiger partial charge in [-0.1, -0.05) is 15.9 Å². The number of aromatic hydroxyl groups is 1. The average Bonchev–Trinajstić information content (AvgIpc) is 2.94. The molecule has 4 rings (SSSR count). The quantitative estimate of drug-likeness (QED) is 0.282. The molecule has 28 heavy (non-hydrogen) atoms. The number of hydrogen-bond donors (Lipinski definition) is 2. The summed E-state index contributed by atoms with van der Waals surface area (Å²) in [6.07, 6.45) is 1.24. The zero-order chi connectivity index (χ0) is 19.8. The molecule has 0 aliphatic rings. The second-order valence-electron chi connectivity index (χ2n) is 5.90. The Hall–Kier alpha value is -3.60. The fourth-order valence-corrected chi connectivity index (χ4v) is 3.16. The van der Waals surface area contributed by atoms with Gasteiger partial charge in [-0.3, -0.25) is 10.1 Å². The molecular formula is C17H12BrN7O3. The summed E-state index contributed by atoms with van der Waals surface area (Å²) in [7, 11) is 1.88. The number of nitrogens with zero attached hydrogens (tertiary/aromatic N) is 6. The predicted octanol–water partition coefficient (Wildman–Crippen LogP) is 3.34. The van der Waals surface area contributed by atoms with E-state index >= 15 is 0 Å². The largest absolute Gasteiger partial charge is 0.507 e. The molecular weight excluding hydrogens is 430 g/mol. The number of phenolic OH excluding ortho intramolecular Hbond substituents is 1. The number of nitrogens with one attached hydrogen (secondary N) is 1. The van der Waals surface area contributed by atoms with Crippen molar-refractivity contribution in [1.29, 1.82) is 0 Å². The van der Waals surface area contributed by atoms with Gasteiger partial charge in [0, 0.05) is 34.6 Å². The zero-order valence-electron chi connectivity index (χ0n) is 14.4. The van der Waals surface area contributed by atoms with Crippen molar-refractivity contribution in [2.45, 2.75) is 0 Å². The molecule has 0 aliphatic carbocycles. The van der Waals surface area contributed by atoms with Crippen LogP contribution in [0.5, 0.6) is 5.75 Å². The van der Waals surface area contributed by atoms with Crippen LogP contribution in [0.2, 0.25) is 0 Å². The van der Waals surface area contributed by atoms with Crippen molar-refractivity contribution in [3.8, 4) is 5.75 Å². The lowest BCUT2D eigenvalue weighted by atomic mass is 10.2. The van der Waals surface area contributed by atoms with E-state index in [1.807, 2.05) is 29.8 Å². The normalized spacial score (nSPS) is 11.5. The molecule has 140 valence electrons. The molecule has 2 heterocycles. The Labute approximate surface area is 165 Å². The summed E-state index contributed by atoms with van der Waals surface area (Å²) in [5.74, 6) is 0.0172. The molecule has 0 saturated carbocycles. The van der Waals surface area contributed by atoms with Crippen LogP contribution in [0.15, 0.2) is 46.0 Å². The monoisotopic (exact) mass is 441 g/mol. The Morgan fingerprint density at radius 3 is 2.89 bits per heavy atom. The Balaban J connectivity index is 1.65. The van der Waals surface area contributed by atoms with Gasteiger partial charge in [0.1, 0.15) is 11.3 Å². The molecule has 0 saturated heterocycles. The van der Waals surface area contributed by atoms with Crippen LogP contribution >= 0.6 is 15.9 Å². The van der Waals surface area contributed by atoms with E-state index in [0.717, 1.165) is 15.4 Å². The van der Waals surface area contributed by atoms with Crippen molar-refractivity contribution in [2.75, 3.05) is 5.43 Å². The highest BCUT2D eigenvalue weighted by atomic mass is 79.9. The van der Waals surface area contributed by atoms with Crippen LogP contribution in [0, 0.1) is 10.1 Å². The van der Waals surface area contributed by atoms with Crippen molar-refractivity contribution in [3.63, 3.8) is 0 Å². The Kier molecular flexibility index (Phi) is 4.35. The van der Waals surface area contributed by atoms with E-state index < -0.39 is 4.92 Å².